The van der Waals surface area contributed by atoms with Gasteiger partial charge >= 0.3 is 0 Å². The summed E-state index contributed by atoms with van der Waals surface area (Å²) >= 11 is 0. The molecule has 19 heavy (non-hydrogen) atoms. The standard InChI is InChI=1S/C15H30N2O2/c1-9(2)13(8-18)17-14(19)11-6-7-12(16)10(3)15(11,4)5/h9-13,18H,6-8,16H2,1-5H3,(H,17,19). The Morgan fingerprint density at radius 3 is 2.47 bits per heavy atom. The molecular weight excluding hydrogens is 240 g/mol. The molecule has 4 N–H and O–H groups in total. The first-order valence-electron chi connectivity index (χ1n) is 7.38. The number of nitrogens with two attached hydrogens (primary N) is 1. The number of hydrogen-bond donors (Lipinski definition) is 3. The zero-order valence-corrected chi connectivity index (χ0v) is 12.9. The maximum atomic E-state index is 12.5. The summed E-state index contributed by atoms with van der Waals surface area (Å²) in [6.07, 6.45) is 1.73. The van der Waals surface area contributed by atoms with Crippen LogP contribution in [0, 0.1) is 23.2 Å². The lowest BCUT2D eigenvalue weighted by Gasteiger charge is -2.46. The monoisotopic (exact) mass is 270 g/mol. The van der Waals surface area contributed by atoms with Crippen LogP contribution in [0.5, 0.6) is 0 Å². The van der Waals surface area contributed by atoms with Gasteiger partial charge in [0.2, 0.25) is 5.91 Å². The van der Waals surface area contributed by atoms with E-state index in [1.165, 1.54) is 0 Å². The second-order valence-electron chi connectivity index (χ2n) is 6.95. The largest absolute Gasteiger partial charge is 0.394 e. The molecule has 1 aliphatic rings. The Bertz CT molecular complexity index is 315. The average Bonchev–Trinajstić information content (AvgIpc) is 2.32. The van der Waals surface area contributed by atoms with Crippen molar-refractivity contribution in [3.05, 3.63) is 0 Å². The Kier molecular flexibility index (Phi) is 5.39. The van der Waals surface area contributed by atoms with Crippen LogP contribution in [0.1, 0.15) is 47.5 Å². The number of amides is 1. The minimum absolute atomic E-state index is 0.00831. The number of aliphatic hydroxyl groups excluding tert-OH is 1. The van der Waals surface area contributed by atoms with Gasteiger partial charge < -0.3 is 16.2 Å². The van der Waals surface area contributed by atoms with Crippen LogP contribution in [0.25, 0.3) is 0 Å². The van der Waals surface area contributed by atoms with Gasteiger partial charge in [0.05, 0.1) is 12.6 Å². The van der Waals surface area contributed by atoms with Crippen molar-refractivity contribution in [2.24, 2.45) is 28.9 Å². The molecular formula is C15H30N2O2. The predicted octanol–water partition coefficient (Wildman–Crippen LogP) is 1.52. The summed E-state index contributed by atoms with van der Waals surface area (Å²) in [6.45, 7) is 10.4. The molecule has 0 aromatic heterocycles. The van der Waals surface area contributed by atoms with Crippen LogP contribution in [0.15, 0.2) is 0 Å². The summed E-state index contributed by atoms with van der Waals surface area (Å²) in [6, 6.07) is 0.0204. The van der Waals surface area contributed by atoms with Crippen LogP contribution in [0.3, 0.4) is 0 Å². The first-order valence-corrected chi connectivity index (χ1v) is 7.38. The molecule has 0 saturated heterocycles. The molecule has 1 aliphatic carbocycles. The van der Waals surface area contributed by atoms with Crippen LogP contribution in [-0.2, 0) is 4.79 Å². The van der Waals surface area contributed by atoms with Crippen molar-refractivity contribution in [3.63, 3.8) is 0 Å². The van der Waals surface area contributed by atoms with Gasteiger partial charge in [-0.2, -0.15) is 0 Å². The van der Waals surface area contributed by atoms with Crippen molar-refractivity contribution in [2.45, 2.75) is 59.5 Å². The third-order valence-electron chi connectivity index (χ3n) is 5.15. The van der Waals surface area contributed by atoms with Gasteiger partial charge in [-0.3, -0.25) is 4.79 Å². The van der Waals surface area contributed by atoms with E-state index in [4.69, 9.17) is 5.73 Å². The molecule has 1 saturated carbocycles. The molecule has 112 valence electrons. The summed E-state index contributed by atoms with van der Waals surface area (Å²) in [7, 11) is 0. The predicted molar refractivity (Wildman–Crippen MR) is 77.5 cm³/mol. The number of carbonyl (C=O) groups excluding carboxylic acids is 1. The zero-order chi connectivity index (χ0) is 14.8. The fraction of sp³-hybridized carbons (Fsp3) is 0.933. The topological polar surface area (TPSA) is 75.3 Å². The highest BCUT2D eigenvalue weighted by Crippen LogP contribution is 2.44. The van der Waals surface area contributed by atoms with Crippen LogP contribution in [-0.4, -0.2) is 29.7 Å². The van der Waals surface area contributed by atoms with Gasteiger partial charge in [0.15, 0.2) is 0 Å². The first kappa shape index (κ1) is 16.4. The highest BCUT2D eigenvalue weighted by Gasteiger charge is 2.45. The minimum atomic E-state index is -0.158. The molecule has 1 fully saturated rings. The highest BCUT2D eigenvalue weighted by atomic mass is 16.3. The van der Waals surface area contributed by atoms with Crippen molar-refractivity contribution >= 4 is 5.91 Å². The number of rotatable bonds is 4. The van der Waals surface area contributed by atoms with Gasteiger partial charge in [-0.1, -0.05) is 34.6 Å². The quantitative estimate of drug-likeness (QED) is 0.725. The van der Waals surface area contributed by atoms with Crippen LogP contribution in [0.2, 0.25) is 0 Å². The van der Waals surface area contributed by atoms with Gasteiger partial charge in [-0.05, 0) is 30.1 Å². The van der Waals surface area contributed by atoms with E-state index in [2.05, 4.69) is 26.1 Å². The van der Waals surface area contributed by atoms with E-state index in [0.717, 1.165) is 12.8 Å². The van der Waals surface area contributed by atoms with Gasteiger partial charge in [0.1, 0.15) is 0 Å². The zero-order valence-electron chi connectivity index (χ0n) is 12.9. The molecule has 1 rings (SSSR count). The van der Waals surface area contributed by atoms with E-state index in [1.54, 1.807) is 0 Å². The van der Waals surface area contributed by atoms with E-state index in [0.29, 0.717) is 5.92 Å². The Hall–Kier alpha value is -0.610. The maximum absolute atomic E-state index is 12.5. The third-order valence-corrected chi connectivity index (χ3v) is 5.15. The number of hydrogen-bond acceptors (Lipinski definition) is 3. The molecule has 4 unspecified atom stereocenters. The molecule has 0 aliphatic heterocycles. The van der Waals surface area contributed by atoms with E-state index >= 15 is 0 Å². The average molecular weight is 270 g/mol. The van der Waals surface area contributed by atoms with Gasteiger partial charge in [-0.25, -0.2) is 0 Å². The van der Waals surface area contributed by atoms with Crippen molar-refractivity contribution < 1.29 is 9.90 Å². The molecule has 0 bridgehead atoms. The van der Waals surface area contributed by atoms with Crippen LogP contribution < -0.4 is 11.1 Å². The van der Waals surface area contributed by atoms with Crippen molar-refractivity contribution in [3.8, 4) is 0 Å². The molecule has 0 spiro atoms. The molecule has 1 amide bonds. The molecule has 4 atom stereocenters. The Morgan fingerprint density at radius 2 is 2.00 bits per heavy atom. The molecule has 4 heteroatoms. The van der Waals surface area contributed by atoms with E-state index < -0.39 is 0 Å². The lowest BCUT2D eigenvalue weighted by Crippen LogP contribution is -2.54. The lowest BCUT2D eigenvalue weighted by molar-refractivity contribution is -0.133. The van der Waals surface area contributed by atoms with Crippen LogP contribution >= 0.6 is 0 Å². The Labute approximate surface area is 117 Å². The summed E-state index contributed by atoms with van der Waals surface area (Å²) in [5.41, 5.74) is 6.02. The second kappa shape index (κ2) is 6.23. The Balaban J connectivity index is 2.76. The van der Waals surface area contributed by atoms with E-state index in [9.17, 15) is 9.90 Å². The van der Waals surface area contributed by atoms with Gasteiger partial charge in [-0.15, -0.1) is 0 Å². The number of aliphatic hydroxyl groups is 1. The minimum Gasteiger partial charge on any atom is -0.394 e. The molecule has 4 nitrogen and oxygen atoms in total. The smallest absolute Gasteiger partial charge is 0.223 e. The van der Waals surface area contributed by atoms with Crippen molar-refractivity contribution in [1.29, 1.82) is 0 Å². The fourth-order valence-electron chi connectivity index (χ4n) is 3.03. The number of nitrogens with one attached hydrogen (secondary N) is 1. The fourth-order valence-corrected chi connectivity index (χ4v) is 3.03. The van der Waals surface area contributed by atoms with E-state index in [1.807, 2.05) is 13.8 Å². The molecule has 0 aromatic rings. The van der Waals surface area contributed by atoms with Crippen molar-refractivity contribution in [1.82, 2.24) is 5.32 Å². The molecule has 0 heterocycles. The van der Waals surface area contributed by atoms with E-state index in [-0.39, 0.29) is 41.8 Å². The second-order valence-corrected chi connectivity index (χ2v) is 6.95. The number of carbonyl (C=O) groups is 1. The highest BCUT2D eigenvalue weighted by molar-refractivity contribution is 5.80. The summed E-state index contributed by atoms with van der Waals surface area (Å²) in [5.74, 6) is 0.607. The normalized spacial score (nSPS) is 32.1. The van der Waals surface area contributed by atoms with Gasteiger partial charge in [0.25, 0.3) is 0 Å². The Morgan fingerprint density at radius 1 is 1.42 bits per heavy atom. The first-order chi connectivity index (χ1) is 8.71. The summed E-state index contributed by atoms with van der Waals surface area (Å²) in [5, 5.41) is 12.3. The van der Waals surface area contributed by atoms with Gasteiger partial charge in [0, 0.05) is 12.0 Å². The maximum Gasteiger partial charge on any atom is 0.223 e. The molecule has 0 aromatic carbocycles. The lowest BCUT2D eigenvalue weighted by atomic mass is 9.61. The summed E-state index contributed by atoms with van der Waals surface area (Å²) < 4.78 is 0. The molecule has 0 radical (unpaired) electrons. The summed E-state index contributed by atoms with van der Waals surface area (Å²) in [4.78, 5) is 12.5. The van der Waals surface area contributed by atoms with Crippen molar-refractivity contribution in [2.75, 3.05) is 6.61 Å². The van der Waals surface area contributed by atoms with Crippen LogP contribution in [0.4, 0.5) is 0 Å². The SMILES string of the molecule is CC(C)C(CO)NC(=O)C1CCC(N)C(C)C1(C)C. The third kappa shape index (κ3) is 3.48.